The minimum Gasteiger partial charge on any atom is -0.398 e. The highest BCUT2D eigenvalue weighted by Gasteiger charge is 2.20. The number of aliphatic hydroxyl groups excluding tert-OH is 1. The molecule has 0 unspecified atom stereocenters. The number of hydrogen-bond donors (Lipinski definition) is 2. The maximum atomic E-state index is 12.6. The zero-order valence-electron chi connectivity index (χ0n) is 12.2. The van der Waals surface area contributed by atoms with Gasteiger partial charge < -0.3 is 15.7 Å². The summed E-state index contributed by atoms with van der Waals surface area (Å²) in [5.74, 6) is -0.0207. The lowest BCUT2D eigenvalue weighted by atomic mass is 10.0. The van der Waals surface area contributed by atoms with Gasteiger partial charge in [-0.25, -0.2) is 0 Å². The Bertz CT molecular complexity index is 456. The van der Waals surface area contributed by atoms with Crippen molar-refractivity contribution in [3.05, 3.63) is 28.8 Å². The Morgan fingerprint density at radius 1 is 1.32 bits per heavy atom. The molecule has 0 saturated heterocycles. The van der Waals surface area contributed by atoms with Crippen molar-refractivity contribution in [3.63, 3.8) is 0 Å². The van der Waals surface area contributed by atoms with E-state index in [-0.39, 0.29) is 18.6 Å². The second-order valence-electron chi connectivity index (χ2n) is 5.19. The van der Waals surface area contributed by atoms with Crippen LogP contribution in [0.2, 0.25) is 0 Å². The molecule has 0 aromatic heterocycles. The van der Waals surface area contributed by atoms with Crippen LogP contribution in [0.25, 0.3) is 0 Å². The van der Waals surface area contributed by atoms with E-state index in [9.17, 15) is 4.79 Å². The number of carbonyl (C=O) groups is 1. The third kappa shape index (κ3) is 3.70. The van der Waals surface area contributed by atoms with Crippen LogP contribution < -0.4 is 5.73 Å². The van der Waals surface area contributed by atoms with Crippen molar-refractivity contribution in [1.82, 2.24) is 4.90 Å². The number of aryl methyl sites for hydroxylation is 2. The molecule has 0 heterocycles. The molecule has 0 saturated carbocycles. The number of nitrogen functional groups attached to an aromatic ring is 1. The van der Waals surface area contributed by atoms with Crippen LogP contribution in [0.3, 0.4) is 0 Å². The Morgan fingerprint density at radius 2 is 1.95 bits per heavy atom. The molecular weight excluding hydrogens is 240 g/mol. The highest BCUT2D eigenvalue weighted by atomic mass is 16.3. The molecule has 4 nitrogen and oxygen atoms in total. The molecule has 1 rings (SSSR count). The fourth-order valence-electron chi connectivity index (χ4n) is 2.09. The summed E-state index contributed by atoms with van der Waals surface area (Å²) in [6.07, 6.45) is 0.588. The van der Waals surface area contributed by atoms with Crippen molar-refractivity contribution in [2.75, 3.05) is 18.9 Å². The SMILES string of the molecule is Cc1cc(C)c(C(=O)N(CCCO)C(C)C)cc1N. The van der Waals surface area contributed by atoms with E-state index in [0.717, 1.165) is 11.1 Å². The van der Waals surface area contributed by atoms with E-state index in [4.69, 9.17) is 10.8 Å². The topological polar surface area (TPSA) is 66.6 Å². The van der Waals surface area contributed by atoms with Gasteiger partial charge in [0.25, 0.3) is 5.91 Å². The first-order valence-electron chi connectivity index (χ1n) is 6.67. The average molecular weight is 264 g/mol. The van der Waals surface area contributed by atoms with Crippen LogP contribution in [0.1, 0.15) is 41.8 Å². The maximum absolute atomic E-state index is 12.6. The first kappa shape index (κ1) is 15.5. The second-order valence-corrected chi connectivity index (χ2v) is 5.19. The number of amides is 1. The molecule has 1 amide bonds. The molecule has 1 aromatic rings. The van der Waals surface area contributed by atoms with Crippen LogP contribution in [0.15, 0.2) is 12.1 Å². The molecule has 1 aromatic carbocycles. The maximum Gasteiger partial charge on any atom is 0.254 e. The van der Waals surface area contributed by atoms with Crippen LogP contribution in [0.4, 0.5) is 5.69 Å². The monoisotopic (exact) mass is 264 g/mol. The Morgan fingerprint density at radius 3 is 2.47 bits per heavy atom. The van der Waals surface area contributed by atoms with Crippen molar-refractivity contribution < 1.29 is 9.90 Å². The molecular formula is C15H24N2O2. The molecule has 0 spiro atoms. The normalized spacial score (nSPS) is 10.8. The zero-order valence-corrected chi connectivity index (χ0v) is 12.2. The van der Waals surface area contributed by atoms with E-state index in [1.54, 1.807) is 11.0 Å². The number of carbonyl (C=O) groups excluding carboxylic acids is 1. The Balaban J connectivity index is 3.06. The molecule has 4 heteroatoms. The van der Waals surface area contributed by atoms with Gasteiger partial charge in [0.05, 0.1) is 0 Å². The summed E-state index contributed by atoms with van der Waals surface area (Å²) in [7, 11) is 0. The van der Waals surface area contributed by atoms with Crippen molar-refractivity contribution in [3.8, 4) is 0 Å². The summed E-state index contributed by atoms with van der Waals surface area (Å²) in [5.41, 5.74) is 9.10. The van der Waals surface area contributed by atoms with E-state index in [2.05, 4.69) is 0 Å². The largest absolute Gasteiger partial charge is 0.398 e. The predicted octanol–water partition coefficient (Wildman–Crippen LogP) is 2.12. The third-order valence-corrected chi connectivity index (χ3v) is 3.28. The van der Waals surface area contributed by atoms with Crippen LogP contribution in [-0.2, 0) is 0 Å². The average Bonchev–Trinajstić information content (AvgIpc) is 2.33. The lowest BCUT2D eigenvalue weighted by Gasteiger charge is -2.27. The molecule has 0 aliphatic carbocycles. The minimum atomic E-state index is -0.0207. The first-order valence-corrected chi connectivity index (χ1v) is 6.67. The summed E-state index contributed by atoms with van der Waals surface area (Å²) in [6, 6.07) is 3.79. The quantitative estimate of drug-likeness (QED) is 0.801. The number of benzene rings is 1. The van der Waals surface area contributed by atoms with Gasteiger partial charge >= 0.3 is 0 Å². The Labute approximate surface area is 115 Å². The lowest BCUT2D eigenvalue weighted by Crippen LogP contribution is -2.38. The molecule has 0 bridgehead atoms. The summed E-state index contributed by atoms with van der Waals surface area (Å²) < 4.78 is 0. The fourth-order valence-corrected chi connectivity index (χ4v) is 2.09. The predicted molar refractivity (Wildman–Crippen MR) is 78.2 cm³/mol. The highest BCUT2D eigenvalue weighted by molar-refractivity contribution is 5.97. The van der Waals surface area contributed by atoms with E-state index >= 15 is 0 Å². The molecule has 0 aliphatic heterocycles. The lowest BCUT2D eigenvalue weighted by molar-refractivity contribution is 0.0692. The molecule has 106 valence electrons. The van der Waals surface area contributed by atoms with Crippen LogP contribution in [0, 0.1) is 13.8 Å². The second kappa shape index (κ2) is 6.57. The molecule has 3 N–H and O–H groups in total. The number of anilines is 1. The van der Waals surface area contributed by atoms with Crippen LogP contribution in [0.5, 0.6) is 0 Å². The molecule has 0 atom stereocenters. The number of nitrogens with zero attached hydrogens (tertiary/aromatic N) is 1. The van der Waals surface area contributed by atoms with Crippen molar-refractivity contribution in [1.29, 1.82) is 0 Å². The molecule has 0 fully saturated rings. The van der Waals surface area contributed by atoms with Gasteiger partial charge in [-0.15, -0.1) is 0 Å². The summed E-state index contributed by atoms with van der Waals surface area (Å²) >= 11 is 0. The van der Waals surface area contributed by atoms with Gasteiger partial charge in [-0.05, 0) is 51.3 Å². The number of hydrogen-bond acceptors (Lipinski definition) is 3. The number of rotatable bonds is 5. The summed E-state index contributed by atoms with van der Waals surface area (Å²) in [5, 5.41) is 8.93. The zero-order chi connectivity index (χ0) is 14.6. The first-order chi connectivity index (χ1) is 8.88. The smallest absolute Gasteiger partial charge is 0.254 e. The molecule has 19 heavy (non-hydrogen) atoms. The van der Waals surface area contributed by atoms with E-state index in [1.807, 2.05) is 33.8 Å². The van der Waals surface area contributed by atoms with Crippen molar-refractivity contribution in [2.45, 2.75) is 40.2 Å². The number of nitrogens with two attached hydrogens (primary N) is 1. The van der Waals surface area contributed by atoms with Gasteiger partial charge in [-0.3, -0.25) is 4.79 Å². The Hall–Kier alpha value is -1.55. The van der Waals surface area contributed by atoms with Crippen molar-refractivity contribution in [2.24, 2.45) is 0 Å². The van der Waals surface area contributed by atoms with Gasteiger partial charge in [-0.2, -0.15) is 0 Å². The summed E-state index contributed by atoms with van der Waals surface area (Å²) in [6.45, 7) is 8.45. The molecule has 0 aliphatic rings. The Kier molecular flexibility index (Phi) is 5.36. The standard InChI is InChI=1S/C15H24N2O2/c1-10(2)17(6-5-7-18)15(19)13-9-14(16)12(4)8-11(13)3/h8-10,18H,5-7,16H2,1-4H3. The van der Waals surface area contributed by atoms with E-state index < -0.39 is 0 Å². The van der Waals surface area contributed by atoms with Gasteiger partial charge in [0.15, 0.2) is 0 Å². The van der Waals surface area contributed by atoms with Crippen LogP contribution in [-0.4, -0.2) is 35.1 Å². The fraction of sp³-hybridized carbons (Fsp3) is 0.533. The van der Waals surface area contributed by atoms with Crippen molar-refractivity contribution >= 4 is 11.6 Å². The van der Waals surface area contributed by atoms with Gasteiger partial charge in [0, 0.05) is 30.4 Å². The van der Waals surface area contributed by atoms with Gasteiger partial charge in [-0.1, -0.05) is 6.07 Å². The third-order valence-electron chi connectivity index (χ3n) is 3.28. The summed E-state index contributed by atoms with van der Waals surface area (Å²) in [4.78, 5) is 14.3. The minimum absolute atomic E-state index is 0.0207. The van der Waals surface area contributed by atoms with E-state index in [1.165, 1.54) is 0 Å². The van der Waals surface area contributed by atoms with Gasteiger partial charge in [0.2, 0.25) is 0 Å². The van der Waals surface area contributed by atoms with E-state index in [0.29, 0.717) is 24.2 Å². The highest BCUT2D eigenvalue weighted by Crippen LogP contribution is 2.20. The number of aliphatic hydroxyl groups is 1. The van der Waals surface area contributed by atoms with Crippen LogP contribution >= 0.6 is 0 Å². The van der Waals surface area contributed by atoms with Gasteiger partial charge in [0.1, 0.15) is 0 Å². The molecule has 0 radical (unpaired) electrons.